The predicted octanol–water partition coefficient (Wildman–Crippen LogP) is 3.99. The number of carbonyl (C=O) groups excluding carboxylic acids is 3. The van der Waals surface area contributed by atoms with E-state index < -0.39 is 0 Å². The lowest BCUT2D eigenvalue weighted by atomic mass is 10.1. The van der Waals surface area contributed by atoms with Crippen LogP contribution in [0.25, 0.3) is 0 Å². The van der Waals surface area contributed by atoms with Crippen molar-refractivity contribution < 1.29 is 14.4 Å². The molecule has 0 unspecified atom stereocenters. The smallest absolute Gasteiger partial charge is 0.243 e. The molecular formula is C23H28N4O3. The molecule has 3 amide bonds. The van der Waals surface area contributed by atoms with Gasteiger partial charge in [0.05, 0.1) is 6.54 Å². The first-order chi connectivity index (χ1) is 14.3. The standard InChI is InChI=1S/C23H28N4O3/c1-14(2)22(29)25-18-11-9-17(10-12-18)24-13-21(28)26-19-5-4-6-20(15(19)3)27-23(30)16-7-8-16/h4-6,9-12,14,16,24H,7-8,13H2,1-3H3,(H,25,29)(H,26,28)(H,27,30). The monoisotopic (exact) mass is 408 g/mol. The number of carbonyl (C=O) groups is 3. The zero-order valence-electron chi connectivity index (χ0n) is 17.5. The highest BCUT2D eigenvalue weighted by atomic mass is 16.2. The number of benzene rings is 2. The summed E-state index contributed by atoms with van der Waals surface area (Å²) in [5.41, 5.74) is 3.70. The molecule has 0 saturated heterocycles. The van der Waals surface area contributed by atoms with Crippen LogP contribution in [0.3, 0.4) is 0 Å². The molecule has 0 radical (unpaired) electrons. The maximum atomic E-state index is 12.4. The summed E-state index contributed by atoms with van der Waals surface area (Å²) < 4.78 is 0. The van der Waals surface area contributed by atoms with Gasteiger partial charge in [-0.2, -0.15) is 0 Å². The molecule has 0 aromatic heterocycles. The van der Waals surface area contributed by atoms with Gasteiger partial charge in [-0.25, -0.2) is 0 Å². The Bertz CT molecular complexity index is 934. The Labute approximate surface area is 176 Å². The molecule has 7 nitrogen and oxygen atoms in total. The van der Waals surface area contributed by atoms with Gasteiger partial charge in [-0.1, -0.05) is 19.9 Å². The fraction of sp³-hybridized carbons (Fsp3) is 0.348. The van der Waals surface area contributed by atoms with Crippen molar-refractivity contribution in [2.45, 2.75) is 33.6 Å². The van der Waals surface area contributed by atoms with Crippen LogP contribution >= 0.6 is 0 Å². The van der Waals surface area contributed by atoms with E-state index in [9.17, 15) is 14.4 Å². The summed E-state index contributed by atoms with van der Waals surface area (Å²) in [5.74, 6) is -0.161. The van der Waals surface area contributed by atoms with Crippen molar-refractivity contribution >= 4 is 40.5 Å². The predicted molar refractivity (Wildman–Crippen MR) is 120 cm³/mol. The minimum absolute atomic E-state index is 0.0382. The Hall–Kier alpha value is -3.35. The largest absolute Gasteiger partial charge is 0.376 e. The Morgan fingerprint density at radius 2 is 1.50 bits per heavy atom. The molecule has 2 aromatic carbocycles. The summed E-state index contributed by atoms with van der Waals surface area (Å²) >= 11 is 0. The molecule has 1 saturated carbocycles. The van der Waals surface area contributed by atoms with Crippen molar-refractivity contribution in [1.82, 2.24) is 0 Å². The van der Waals surface area contributed by atoms with Gasteiger partial charge in [0.2, 0.25) is 17.7 Å². The molecule has 1 fully saturated rings. The molecule has 4 N–H and O–H groups in total. The maximum Gasteiger partial charge on any atom is 0.243 e. The van der Waals surface area contributed by atoms with Crippen LogP contribution in [0.1, 0.15) is 32.3 Å². The third-order valence-corrected chi connectivity index (χ3v) is 4.94. The Kier molecular flexibility index (Phi) is 6.72. The van der Waals surface area contributed by atoms with Crippen LogP contribution in [-0.2, 0) is 14.4 Å². The first-order valence-electron chi connectivity index (χ1n) is 10.2. The summed E-state index contributed by atoms with van der Waals surface area (Å²) in [6, 6.07) is 12.6. The average molecular weight is 409 g/mol. The second kappa shape index (κ2) is 9.43. The lowest BCUT2D eigenvalue weighted by molar-refractivity contribution is -0.119. The third kappa shape index (κ3) is 5.83. The van der Waals surface area contributed by atoms with Crippen LogP contribution in [0.15, 0.2) is 42.5 Å². The average Bonchev–Trinajstić information content (AvgIpc) is 3.56. The first-order valence-corrected chi connectivity index (χ1v) is 10.2. The molecule has 3 rings (SSSR count). The van der Waals surface area contributed by atoms with Crippen LogP contribution in [0.5, 0.6) is 0 Å². The molecule has 1 aliphatic rings. The fourth-order valence-electron chi connectivity index (χ4n) is 2.82. The van der Waals surface area contributed by atoms with Crippen molar-refractivity contribution in [3.63, 3.8) is 0 Å². The Morgan fingerprint density at radius 3 is 2.10 bits per heavy atom. The van der Waals surface area contributed by atoms with E-state index in [-0.39, 0.29) is 36.1 Å². The summed E-state index contributed by atoms with van der Waals surface area (Å²) in [4.78, 5) is 36.1. The number of hydrogen-bond acceptors (Lipinski definition) is 4. The minimum atomic E-state index is -0.194. The van der Waals surface area contributed by atoms with E-state index >= 15 is 0 Å². The molecule has 0 atom stereocenters. The van der Waals surface area contributed by atoms with E-state index in [1.165, 1.54) is 0 Å². The first kappa shape index (κ1) is 21.4. The lowest BCUT2D eigenvalue weighted by Gasteiger charge is -2.14. The highest BCUT2D eigenvalue weighted by Gasteiger charge is 2.29. The molecule has 158 valence electrons. The van der Waals surface area contributed by atoms with E-state index in [2.05, 4.69) is 21.3 Å². The number of nitrogens with one attached hydrogen (secondary N) is 4. The van der Waals surface area contributed by atoms with E-state index in [0.717, 1.165) is 29.8 Å². The normalized spacial score (nSPS) is 12.9. The van der Waals surface area contributed by atoms with Crippen LogP contribution in [-0.4, -0.2) is 24.3 Å². The molecule has 7 heteroatoms. The van der Waals surface area contributed by atoms with Gasteiger partial charge in [0.1, 0.15) is 0 Å². The van der Waals surface area contributed by atoms with Gasteiger partial charge in [-0.3, -0.25) is 14.4 Å². The van der Waals surface area contributed by atoms with Crippen LogP contribution in [0.4, 0.5) is 22.7 Å². The second-order valence-electron chi connectivity index (χ2n) is 7.86. The molecule has 2 aromatic rings. The molecule has 30 heavy (non-hydrogen) atoms. The van der Waals surface area contributed by atoms with Gasteiger partial charge in [0.15, 0.2) is 0 Å². The molecular weight excluding hydrogens is 380 g/mol. The van der Waals surface area contributed by atoms with Crippen molar-refractivity contribution in [2.75, 3.05) is 27.8 Å². The summed E-state index contributed by atoms with van der Waals surface area (Å²) in [5, 5.41) is 11.7. The molecule has 0 aliphatic heterocycles. The van der Waals surface area contributed by atoms with Gasteiger partial charge in [0, 0.05) is 34.6 Å². The van der Waals surface area contributed by atoms with Crippen LogP contribution in [0, 0.1) is 18.8 Å². The third-order valence-electron chi connectivity index (χ3n) is 4.94. The Morgan fingerprint density at radius 1 is 0.900 bits per heavy atom. The molecule has 0 bridgehead atoms. The molecule has 1 aliphatic carbocycles. The fourth-order valence-corrected chi connectivity index (χ4v) is 2.82. The van der Waals surface area contributed by atoms with Crippen molar-refractivity contribution in [3.05, 3.63) is 48.0 Å². The quantitative estimate of drug-likeness (QED) is 0.531. The SMILES string of the molecule is Cc1c(NC(=O)CNc2ccc(NC(=O)C(C)C)cc2)cccc1NC(=O)C1CC1. The van der Waals surface area contributed by atoms with E-state index in [1.54, 1.807) is 12.1 Å². The minimum Gasteiger partial charge on any atom is -0.376 e. The highest BCUT2D eigenvalue weighted by Crippen LogP contribution is 2.31. The van der Waals surface area contributed by atoms with Crippen molar-refractivity contribution in [3.8, 4) is 0 Å². The topological polar surface area (TPSA) is 99.3 Å². The maximum absolute atomic E-state index is 12.4. The van der Waals surface area contributed by atoms with E-state index in [4.69, 9.17) is 0 Å². The highest BCUT2D eigenvalue weighted by molar-refractivity contribution is 5.98. The number of amides is 3. The van der Waals surface area contributed by atoms with E-state index in [1.807, 2.05) is 51.1 Å². The van der Waals surface area contributed by atoms with Gasteiger partial charge in [0.25, 0.3) is 0 Å². The van der Waals surface area contributed by atoms with Crippen molar-refractivity contribution in [2.24, 2.45) is 11.8 Å². The molecule has 0 spiro atoms. The number of anilines is 4. The summed E-state index contributed by atoms with van der Waals surface area (Å²) in [7, 11) is 0. The van der Waals surface area contributed by atoms with Crippen LogP contribution < -0.4 is 21.3 Å². The van der Waals surface area contributed by atoms with Gasteiger partial charge in [-0.05, 0) is 61.7 Å². The van der Waals surface area contributed by atoms with Gasteiger partial charge in [-0.15, -0.1) is 0 Å². The van der Waals surface area contributed by atoms with Gasteiger partial charge < -0.3 is 21.3 Å². The van der Waals surface area contributed by atoms with Gasteiger partial charge >= 0.3 is 0 Å². The van der Waals surface area contributed by atoms with E-state index in [0.29, 0.717) is 11.4 Å². The zero-order valence-corrected chi connectivity index (χ0v) is 17.5. The molecule has 0 heterocycles. The summed E-state index contributed by atoms with van der Waals surface area (Å²) in [6.45, 7) is 5.64. The lowest BCUT2D eigenvalue weighted by Crippen LogP contribution is -2.22. The van der Waals surface area contributed by atoms with Crippen molar-refractivity contribution in [1.29, 1.82) is 0 Å². The number of hydrogen-bond donors (Lipinski definition) is 4. The number of rotatable bonds is 8. The Balaban J connectivity index is 1.52. The second-order valence-corrected chi connectivity index (χ2v) is 7.86. The zero-order chi connectivity index (χ0) is 21.7. The van der Waals surface area contributed by atoms with Crippen LogP contribution in [0.2, 0.25) is 0 Å². The summed E-state index contributed by atoms with van der Waals surface area (Å²) in [6.07, 6.45) is 1.89.